The molecule has 0 radical (unpaired) electrons. The summed E-state index contributed by atoms with van der Waals surface area (Å²) >= 11 is 0. The number of carbonyl (C=O) groups excluding carboxylic acids is 1. The van der Waals surface area contributed by atoms with Gasteiger partial charge in [0.2, 0.25) is 5.91 Å². The van der Waals surface area contributed by atoms with Crippen molar-refractivity contribution in [3.63, 3.8) is 0 Å². The lowest BCUT2D eigenvalue weighted by atomic mass is 9.95. The number of carbonyl (C=O) groups is 1. The fraction of sp³-hybridized carbons (Fsp3) is 0.917. The van der Waals surface area contributed by atoms with E-state index in [-0.39, 0.29) is 0 Å². The van der Waals surface area contributed by atoms with Gasteiger partial charge in [-0.05, 0) is 24.2 Å². The fourth-order valence-corrected chi connectivity index (χ4v) is 2.04. The minimum Gasteiger partial charge on any atom is -0.342 e. The van der Waals surface area contributed by atoms with Crippen LogP contribution >= 0.6 is 0 Å². The molecule has 0 N–H and O–H groups in total. The van der Waals surface area contributed by atoms with Crippen LogP contribution in [0.5, 0.6) is 0 Å². The van der Waals surface area contributed by atoms with Gasteiger partial charge in [0.1, 0.15) is 0 Å². The Morgan fingerprint density at radius 3 is 2.43 bits per heavy atom. The fourth-order valence-electron chi connectivity index (χ4n) is 2.04. The van der Waals surface area contributed by atoms with Crippen LogP contribution in [0.4, 0.5) is 0 Å². The van der Waals surface area contributed by atoms with Crippen LogP contribution < -0.4 is 0 Å². The van der Waals surface area contributed by atoms with Gasteiger partial charge >= 0.3 is 0 Å². The molecule has 1 rings (SSSR count). The molecular formula is C12H23NO. The average Bonchev–Trinajstić information content (AvgIpc) is 2.50. The highest BCUT2D eigenvalue weighted by molar-refractivity contribution is 5.76. The normalized spacial score (nSPS) is 22.4. The highest BCUT2D eigenvalue weighted by atomic mass is 16.2. The standard InChI is InChI=1S/C12H23NO/c1-9(2)7-12(14)13-6-5-11(8-13)10(3)4/h9-11H,5-8H2,1-4H3. The summed E-state index contributed by atoms with van der Waals surface area (Å²) in [6, 6.07) is 0. The first-order valence-electron chi connectivity index (χ1n) is 5.78. The first-order valence-corrected chi connectivity index (χ1v) is 5.78. The minimum atomic E-state index is 0.350. The molecule has 1 saturated heterocycles. The molecule has 82 valence electrons. The average molecular weight is 197 g/mol. The second-order valence-electron chi connectivity index (χ2n) is 5.23. The van der Waals surface area contributed by atoms with Gasteiger partial charge in [0, 0.05) is 19.5 Å². The zero-order valence-corrected chi connectivity index (χ0v) is 9.92. The first-order chi connectivity index (χ1) is 6.50. The quantitative estimate of drug-likeness (QED) is 0.681. The lowest BCUT2D eigenvalue weighted by Crippen LogP contribution is -2.30. The number of nitrogens with zero attached hydrogens (tertiary/aromatic N) is 1. The molecule has 1 amide bonds. The zero-order chi connectivity index (χ0) is 10.7. The van der Waals surface area contributed by atoms with Crippen LogP contribution in [0, 0.1) is 17.8 Å². The molecule has 0 aromatic heterocycles. The Balaban J connectivity index is 2.38. The lowest BCUT2D eigenvalue weighted by molar-refractivity contribution is -0.131. The van der Waals surface area contributed by atoms with E-state index in [0.29, 0.717) is 24.2 Å². The molecule has 0 aromatic carbocycles. The maximum atomic E-state index is 11.7. The van der Waals surface area contributed by atoms with Gasteiger partial charge in [0.15, 0.2) is 0 Å². The molecule has 1 unspecified atom stereocenters. The SMILES string of the molecule is CC(C)CC(=O)N1CCC(C(C)C)C1. The maximum absolute atomic E-state index is 11.7. The van der Waals surface area contributed by atoms with E-state index in [2.05, 4.69) is 27.7 Å². The summed E-state index contributed by atoms with van der Waals surface area (Å²) in [5.41, 5.74) is 0. The number of likely N-dealkylation sites (tertiary alicyclic amines) is 1. The summed E-state index contributed by atoms with van der Waals surface area (Å²) in [6.45, 7) is 10.7. The van der Waals surface area contributed by atoms with E-state index >= 15 is 0 Å². The molecule has 0 saturated carbocycles. The zero-order valence-electron chi connectivity index (χ0n) is 9.92. The van der Waals surface area contributed by atoms with E-state index < -0.39 is 0 Å². The van der Waals surface area contributed by atoms with Gasteiger partial charge in [-0.3, -0.25) is 4.79 Å². The van der Waals surface area contributed by atoms with Gasteiger partial charge in [0.25, 0.3) is 0 Å². The van der Waals surface area contributed by atoms with Crippen molar-refractivity contribution in [1.29, 1.82) is 0 Å². The first kappa shape index (κ1) is 11.5. The summed E-state index contributed by atoms with van der Waals surface area (Å²) in [7, 11) is 0. The molecule has 2 nitrogen and oxygen atoms in total. The Morgan fingerprint density at radius 2 is 2.00 bits per heavy atom. The van der Waals surface area contributed by atoms with E-state index in [0.717, 1.165) is 19.0 Å². The van der Waals surface area contributed by atoms with Gasteiger partial charge in [-0.1, -0.05) is 27.7 Å². The van der Waals surface area contributed by atoms with Crippen molar-refractivity contribution in [2.75, 3.05) is 13.1 Å². The number of hydrogen-bond acceptors (Lipinski definition) is 1. The summed E-state index contributed by atoms with van der Waals surface area (Å²) in [6.07, 6.45) is 1.91. The molecule has 1 heterocycles. The van der Waals surface area contributed by atoms with Crippen molar-refractivity contribution in [2.45, 2.75) is 40.5 Å². The van der Waals surface area contributed by atoms with E-state index in [9.17, 15) is 4.79 Å². The third-order valence-corrected chi connectivity index (χ3v) is 3.10. The second-order valence-corrected chi connectivity index (χ2v) is 5.23. The van der Waals surface area contributed by atoms with Crippen molar-refractivity contribution >= 4 is 5.91 Å². The highest BCUT2D eigenvalue weighted by Crippen LogP contribution is 2.24. The molecule has 1 aliphatic heterocycles. The molecule has 14 heavy (non-hydrogen) atoms. The van der Waals surface area contributed by atoms with Crippen molar-refractivity contribution in [3.05, 3.63) is 0 Å². The molecule has 1 aliphatic rings. The molecule has 0 spiro atoms. The molecule has 1 fully saturated rings. The van der Waals surface area contributed by atoms with Crippen molar-refractivity contribution in [2.24, 2.45) is 17.8 Å². The molecule has 1 atom stereocenters. The van der Waals surface area contributed by atoms with Crippen LogP contribution in [0.15, 0.2) is 0 Å². The van der Waals surface area contributed by atoms with Gasteiger partial charge in [-0.25, -0.2) is 0 Å². The summed E-state index contributed by atoms with van der Waals surface area (Å²) in [5, 5.41) is 0. The third kappa shape index (κ3) is 3.00. The monoisotopic (exact) mass is 197 g/mol. The van der Waals surface area contributed by atoms with Crippen LogP contribution in [-0.2, 0) is 4.79 Å². The maximum Gasteiger partial charge on any atom is 0.222 e. The lowest BCUT2D eigenvalue weighted by Gasteiger charge is -2.19. The molecule has 2 heteroatoms. The van der Waals surface area contributed by atoms with Crippen LogP contribution in [-0.4, -0.2) is 23.9 Å². The topological polar surface area (TPSA) is 20.3 Å². The van der Waals surface area contributed by atoms with E-state index in [1.807, 2.05) is 4.90 Å². The largest absolute Gasteiger partial charge is 0.342 e. The summed E-state index contributed by atoms with van der Waals surface area (Å²) in [5.74, 6) is 2.28. The predicted octanol–water partition coefficient (Wildman–Crippen LogP) is 2.54. The number of hydrogen-bond donors (Lipinski definition) is 0. The Labute approximate surface area is 87.7 Å². The van der Waals surface area contributed by atoms with Crippen molar-refractivity contribution in [1.82, 2.24) is 4.90 Å². The van der Waals surface area contributed by atoms with Crippen molar-refractivity contribution < 1.29 is 4.79 Å². The van der Waals surface area contributed by atoms with Gasteiger partial charge < -0.3 is 4.90 Å². The van der Waals surface area contributed by atoms with E-state index in [1.54, 1.807) is 0 Å². The third-order valence-electron chi connectivity index (χ3n) is 3.10. The Hall–Kier alpha value is -0.530. The number of amides is 1. The molecular weight excluding hydrogens is 174 g/mol. The van der Waals surface area contributed by atoms with Crippen LogP contribution in [0.3, 0.4) is 0 Å². The smallest absolute Gasteiger partial charge is 0.222 e. The van der Waals surface area contributed by atoms with E-state index in [1.165, 1.54) is 6.42 Å². The molecule has 0 aromatic rings. The summed E-state index contributed by atoms with van der Waals surface area (Å²) < 4.78 is 0. The van der Waals surface area contributed by atoms with Gasteiger partial charge in [0.05, 0.1) is 0 Å². The predicted molar refractivity (Wildman–Crippen MR) is 59.0 cm³/mol. The second kappa shape index (κ2) is 4.81. The Morgan fingerprint density at radius 1 is 1.36 bits per heavy atom. The summed E-state index contributed by atoms with van der Waals surface area (Å²) in [4.78, 5) is 13.8. The van der Waals surface area contributed by atoms with Crippen molar-refractivity contribution in [3.8, 4) is 0 Å². The number of rotatable bonds is 3. The van der Waals surface area contributed by atoms with Gasteiger partial charge in [-0.2, -0.15) is 0 Å². The Kier molecular flexibility index (Phi) is 3.97. The Bertz CT molecular complexity index is 198. The highest BCUT2D eigenvalue weighted by Gasteiger charge is 2.27. The molecule has 0 bridgehead atoms. The minimum absolute atomic E-state index is 0.350. The van der Waals surface area contributed by atoms with Gasteiger partial charge in [-0.15, -0.1) is 0 Å². The van der Waals surface area contributed by atoms with Crippen LogP contribution in [0.25, 0.3) is 0 Å². The van der Waals surface area contributed by atoms with Crippen LogP contribution in [0.2, 0.25) is 0 Å². The van der Waals surface area contributed by atoms with Crippen LogP contribution in [0.1, 0.15) is 40.5 Å². The van der Waals surface area contributed by atoms with E-state index in [4.69, 9.17) is 0 Å². The molecule has 0 aliphatic carbocycles.